The van der Waals surface area contributed by atoms with Gasteiger partial charge in [-0.1, -0.05) is 6.92 Å². The van der Waals surface area contributed by atoms with Gasteiger partial charge in [0.2, 0.25) is 0 Å². The molecule has 1 saturated heterocycles. The third-order valence-electron chi connectivity index (χ3n) is 6.06. The van der Waals surface area contributed by atoms with Crippen molar-refractivity contribution in [1.29, 1.82) is 0 Å². The van der Waals surface area contributed by atoms with Crippen LogP contribution < -0.4 is 15.1 Å². The van der Waals surface area contributed by atoms with Crippen LogP contribution in [0.4, 0.5) is 0 Å². The zero-order valence-corrected chi connectivity index (χ0v) is 16.4. The number of hydrogen-bond donors (Lipinski definition) is 0. The summed E-state index contributed by atoms with van der Waals surface area (Å²) in [5.41, 5.74) is 2.23. The minimum atomic E-state index is -0.229. The average Bonchev–Trinajstić information content (AvgIpc) is 3.14. The Morgan fingerprint density at radius 1 is 1.15 bits per heavy atom. The van der Waals surface area contributed by atoms with Crippen molar-refractivity contribution in [2.45, 2.75) is 38.8 Å². The lowest BCUT2D eigenvalue weighted by molar-refractivity contribution is 0.165. The Morgan fingerprint density at radius 2 is 1.93 bits per heavy atom. The summed E-state index contributed by atoms with van der Waals surface area (Å²) in [6.45, 7) is 7.18. The van der Waals surface area contributed by atoms with Crippen molar-refractivity contribution in [2.24, 2.45) is 0 Å². The van der Waals surface area contributed by atoms with Gasteiger partial charge in [-0.25, -0.2) is 4.79 Å². The molecule has 4 rings (SSSR count). The maximum Gasteiger partial charge on any atom is 0.341 e. The summed E-state index contributed by atoms with van der Waals surface area (Å²) in [6.07, 6.45) is 3.38. The van der Waals surface area contributed by atoms with Gasteiger partial charge in [-0.2, -0.15) is 0 Å². The first-order valence-electron chi connectivity index (χ1n) is 9.81. The molecule has 0 radical (unpaired) electrons. The van der Waals surface area contributed by atoms with E-state index in [1.807, 2.05) is 6.07 Å². The van der Waals surface area contributed by atoms with Crippen LogP contribution in [0.25, 0.3) is 11.0 Å². The Kier molecular flexibility index (Phi) is 5.10. The fourth-order valence-electron chi connectivity index (χ4n) is 4.62. The van der Waals surface area contributed by atoms with Crippen LogP contribution in [0.15, 0.2) is 21.3 Å². The number of ether oxygens (including phenoxy) is 2. The maximum atomic E-state index is 12.7. The van der Waals surface area contributed by atoms with Gasteiger partial charge in [-0.05, 0) is 44.0 Å². The highest BCUT2D eigenvalue weighted by Crippen LogP contribution is 2.35. The highest BCUT2D eigenvalue weighted by Gasteiger charge is 2.29. The van der Waals surface area contributed by atoms with Crippen LogP contribution in [-0.4, -0.2) is 56.2 Å². The van der Waals surface area contributed by atoms with Gasteiger partial charge in [0.15, 0.2) is 11.5 Å². The maximum absolute atomic E-state index is 12.7. The van der Waals surface area contributed by atoms with Gasteiger partial charge in [0, 0.05) is 37.1 Å². The van der Waals surface area contributed by atoms with E-state index in [0.29, 0.717) is 29.7 Å². The van der Waals surface area contributed by atoms with E-state index < -0.39 is 0 Å². The molecular weight excluding hydrogens is 344 g/mol. The van der Waals surface area contributed by atoms with Crippen LogP contribution in [0.2, 0.25) is 0 Å². The summed E-state index contributed by atoms with van der Waals surface area (Å²) in [6, 6.07) is 4.29. The molecule has 1 aromatic heterocycles. The van der Waals surface area contributed by atoms with Gasteiger partial charge in [-0.3, -0.25) is 9.80 Å². The lowest BCUT2D eigenvalue weighted by Crippen LogP contribution is -2.43. The predicted molar refractivity (Wildman–Crippen MR) is 105 cm³/mol. The molecule has 1 aromatic carbocycles. The van der Waals surface area contributed by atoms with E-state index in [1.54, 1.807) is 20.3 Å². The molecule has 0 aliphatic carbocycles. The van der Waals surface area contributed by atoms with Crippen molar-refractivity contribution in [3.63, 3.8) is 0 Å². The highest BCUT2D eigenvalue weighted by atomic mass is 16.5. The summed E-state index contributed by atoms with van der Waals surface area (Å²) in [5.74, 6) is 1.24. The summed E-state index contributed by atoms with van der Waals surface area (Å²) in [5, 5.41) is 0.956. The molecule has 6 heteroatoms. The molecule has 1 unspecified atom stereocenters. The molecule has 2 aliphatic rings. The number of likely N-dealkylation sites (N-methyl/N-ethyl adjacent to an activating group) is 1. The molecule has 146 valence electrons. The number of fused-ring (bicyclic) bond motifs is 3. The molecule has 0 amide bonds. The van der Waals surface area contributed by atoms with Crippen molar-refractivity contribution in [2.75, 3.05) is 40.4 Å². The second kappa shape index (κ2) is 7.52. The monoisotopic (exact) mass is 372 g/mol. The molecule has 0 N–H and O–H groups in total. The Bertz CT molecular complexity index is 892. The first kappa shape index (κ1) is 18.3. The molecule has 2 aliphatic heterocycles. The highest BCUT2D eigenvalue weighted by molar-refractivity contribution is 5.85. The Morgan fingerprint density at radius 3 is 2.67 bits per heavy atom. The van der Waals surface area contributed by atoms with E-state index in [0.717, 1.165) is 42.6 Å². The molecule has 27 heavy (non-hydrogen) atoms. The largest absolute Gasteiger partial charge is 0.493 e. The second-order valence-corrected chi connectivity index (χ2v) is 7.46. The van der Waals surface area contributed by atoms with Crippen molar-refractivity contribution < 1.29 is 13.9 Å². The van der Waals surface area contributed by atoms with Gasteiger partial charge in [0.25, 0.3) is 0 Å². The first-order valence-corrected chi connectivity index (χ1v) is 9.81. The molecule has 1 atom stereocenters. The zero-order chi connectivity index (χ0) is 19.0. The van der Waals surface area contributed by atoms with E-state index in [4.69, 9.17) is 13.9 Å². The Balaban J connectivity index is 1.65. The fraction of sp³-hybridized carbons (Fsp3) is 0.571. The second-order valence-electron chi connectivity index (χ2n) is 7.46. The molecular formula is C21H28N2O4. The average molecular weight is 372 g/mol. The van der Waals surface area contributed by atoms with Gasteiger partial charge in [0.1, 0.15) is 5.58 Å². The van der Waals surface area contributed by atoms with Crippen LogP contribution in [0.5, 0.6) is 11.5 Å². The van der Waals surface area contributed by atoms with Gasteiger partial charge < -0.3 is 13.9 Å². The number of rotatable bonds is 5. The van der Waals surface area contributed by atoms with Crippen molar-refractivity contribution in [1.82, 2.24) is 9.80 Å². The quantitative estimate of drug-likeness (QED) is 0.752. The summed E-state index contributed by atoms with van der Waals surface area (Å²) in [7, 11) is 3.21. The minimum Gasteiger partial charge on any atom is -0.493 e. The van der Waals surface area contributed by atoms with Gasteiger partial charge in [-0.15, -0.1) is 0 Å². The smallest absolute Gasteiger partial charge is 0.341 e. The van der Waals surface area contributed by atoms with Crippen molar-refractivity contribution in [3.8, 4) is 11.5 Å². The fourth-order valence-corrected chi connectivity index (χ4v) is 4.62. The molecule has 0 spiro atoms. The number of likely N-dealkylation sites (tertiary alicyclic amines) is 1. The molecule has 3 heterocycles. The van der Waals surface area contributed by atoms with E-state index in [1.165, 1.54) is 19.4 Å². The molecule has 2 aromatic rings. The van der Waals surface area contributed by atoms with Crippen LogP contribution in [0, 0.1) is 0 Å². The van der Waals surface area contributed by atoms with Gasteiger partial charge in [0.05, 0.1) is 19.8 Å². The normalized spacial score (nSPS) is 20.8. The summed E-state index contributed by atoms with van der Waals surface area (Å²) < 4.78 is 16.4. The van der Waals surface area contributed by atoms with Crippen molar-refractivity contribution in [3.05, 3.63) is 33.7 Å². The van der Waals surface area contributed by atoms with Crippen LogP contribution in [0.3, 0.4) is 0 Å². The topological polar surface area (TPSA) is 55.2 Å². The lowest BCUT2D eigenvalue weighted by Gasteiger charge is -2.33. The zero-order valence-electron chi connectivity index (χ0n) is 16.4. The number of methoxy groups -OCH3 is 2. The minimum absolute atomic E-state index is 0.229. The predicted octanol–water partition coefficient (Wildman–Crippen LogP) is 2.65. The Labute approximate surface area is 159 Å². The van der Waals surface area contributed by atoms with Crippen LogP contribution >= 0.6 is 0 Å². The molecule has 0 saturated carbocycles. The molecule has 6 nitrogen and oxygen atoms in total. The standard InChI is InChI=1S/C21H28N2O4/c1-4-23-8-5-6-14(23)12-22-9-7-15-16-10-19(25-2)20(26-3)11-18(16)27-21(24)17(15)13-22/h10-11,14H,4-9,12-13H2,1-3H3. The molecule has 1 fully saturated rings. The van der Waals surface area contributed by atoms with Crippen LogP contribution in [0.1, 0.15) is 30.9 Å². The molecule has 0 bridgehead atoms. The number of benzene rings is 1. The van der Waals surface area contributed by atoms with E-state index in [9.17, 15) is 4.79 Å². The number of nitrogens with zero attached hydrogens (tertiary/aromatic N) is 2. The van der Waals surface area contributed by atoms with Crippen molar-refractivity contribution >= 4 is 11.0 Å². The van der Waals surface area contributed by atoms with E-state index >= 15 is 0 Å². The van der Waals surface area contributed by atoms with Crippen LogP contribution in [-0.2, 0) is 13.0 Å². The lowest BCUT2D eigenvalue weighted by atomic mass is 9.96. The third kappa shape index (κ3) is 3.32. The van der Waals surface area contributed by atoms with E-state index in [-0.39, 0.29) is 5.63 Å². The Hall–Kier alpha value is -2.05. The number of hydrogen-bond acceptors (Lipinski definition) is 6. The summed E-state index contributed by atoms with van der Waals surface area (Å²) >= 11 is 0. The SMILES string of the molecule is CCN1CCCC1CN1CCc2c(c(=O)oc3cc(OC)c(OC)cc23)C1. The third-order valence-corrected chi connectivity index (χ3v) is 6.06. The summed E-state index contributed by atoms with van der Waals surface area (Å²) in [4.78, 5) is 17.6. The van der Waals surface area contributed by atoms with E-state index in [2.05, 4.69) is 16.7 Å². The first-order chi connectivity index (χ1) is 13.1. The van der Waals surface area contributed by atoms with Gasteiger partial charge >= 0.3 is 5.63 Å².